The predicted molar refractivity (Wildman–Crippen MR) is 135 cm³/mol. The topological polar surface area (TPSA) is 42.4 Å². The lowest BCUT2D eigenvalue weighted by Crippen LogP contribution is -2.56. The average molecular weight is 455 g/mol. The second-order valence-corrected chi connectivity index (χ2v) is 10.8. The minimum atomic E-state index is -0.426. The Labute approximate surface area is 202 Å². The monoisotopic (exact) mass is 454 g/mol. The fourth-order valence-electron chi connectivity index (χ4n) is 6.92. The molecule has 3 aliphatic heterocycles. The van der Waals surface area contributed by atoms with Crippen molar-refractivity contribution in [2.45, 2.75) is 69.4 Å². The molecule has 0 aliphatic carbocycles. The van der Waals surface area contributed by atoms with E-state index < -0.39 is 5.41 Å². The number of pyridine rings is 1. The smallest absolute Gasteiger partial charge is 0.233 e. The normalized spacial score (nSPS) is 26.0. The molecule has 34 heavy (non-hydrogen) atoms. The average Bonchev–Trinajstić information content (AvgIpc) is 3.13. The van der Waals surface area contributed by atoms with Gasteiger partial charge in [-0.1, -0.05) is 48.0 Å². The number of benzene rings is 2. The molecule has 2 bridgehead atoms. The number of piperidine rings is 1. The highest BCUT2D eigenvalue weighted by Gasteiger charge is 2.51. The Morgan fingerprint density at radius 2 is 1.82 bits per heavy atom. The molecule has 4 nitrogen and oxygen atoms in total. The molecule has 3 aromatic rings. The summed E-state index contributed by atoms with van der Waals surface area (Å²) >= 11 is 0. The van der Waals surface area contributed by atoms with E-state index >= 15 is 0 Å². The van der Waals surface area contributed by atoms with Gasteiger partial charge in [0.05, 0.1) is 5.41 Å². The number of aryl methyl sites for hydroxylation is 1. The zero-order chi connectivity index (χ0) is 23.1. The number of amides is 1. The Kier molecular flexibility index (Phi) is 5.65. The maximum Gasteiger partial charge on any atom is 0.233 e. The molecular formula is C30H34N2O2. The Morgan fingerprint density at radius 3 is 2.59 bits per heavy atom. The molecule has 3 aliphatic rings. The second kappa shape index (κ2) is 8.81. The van der Waals surface area contributed by atoms with Crippen LogP contribution in [0.4, 0.5) is 0 Å². The molecular weight excluding hydrogens is 420 g/mol. The number of carbonyl (C=O) groups is 1. The molecule has 1 amide bonds. The van der Waals surface area contributed by atoms with Crippen molar-refractivity contribution in [2.24, 2.45) is 5.92 Å². The van der Waals surface area contributed by atoms with Crippen molar-refractivity contribution in [2.75, 3.05) is 13.2 Å². The standard InChI is InChI=1S/C30H34N2O2/c1-21-3-2-4-26(15-21)30(10-13-34-14-11-30)29(33)32-27-7-8-28(32)19-23(18-27)16-22-5-6-25-20-31-12-9-24(25)17-22/h2-6,9,12,15,17,20,23,27-28H,7-8,10-11,13-14,16,18-19H2,1H3/t27-,28-/m0/s1. The molecule has 0 saturated carbocycles. The Morgan fingerprint density at radius 1 is 1.03 bits per heavy atom. The number of hydrogen-bond donors (Lipinski definition) is 0. The number of hydrogen-bond acceptors (Lipinski definition) is 3. The first-order chi connectivity index (χ1) is 16.6. The van der Waals surface area contributed by atoms with Gasteiger partial charge in [-0.25, -0.2) is 0 Å². The van der Waals surface area contributed by atoms with Gasteiger partial charge in [0.2, 0.25) is 5.91 Å². The van der Waals surface area contributed by atoms with Crippen LogP contribution in [0.15, 0.2) is 60.9 Å². The van der Waals surface area contributed by atoms with Crippen molar-refractivity contribution in [1.29, 1.82) is 0 Å². The first-order valence-electron chi connectivity index (χ1n) is 12.9. The van der Waals surface area contributed by atoms with Crippen molar-refractivity contribution in [3.8, 4) is 0 Å². The minimum absolute atomic E-state index is 0.366. The van der Waals surface area contributed by atoms with E-state index in [0.717, 1.165) is 44.9 Å². The third-order valence-corrected chi connectivity index (χ3v) is 8.62. The highest BCUT2D eigenvalue weighted by molar-refractivity contribution is 5.89. The lowest BCUT2D eigenvalue weighted by Gasteiger charge is -2.46. The number of rotatable bonds is 4. The zero-order valence-corrected chi connectivity index (χ0v) is 20.1. The van der Waals surface area contributed by atoms with Crippen LogP contribution in [-0.2, 0) is 21.4 Å². The third-order valence-electron chi connectivity index (χ3n) is 8.62. The summed E-state index contributed by atoms with van der Waals surface area (Å²) in [6.45, 7) is 3.46. The Balaban J connectivity index is 1.23. The summed E-state index contributed by atoms with van der Waals surface area (Å²) in [5.41, 5.74) is 3.39. The van der Waals surface area contributed by atoms with Crippen LogP contribution in [0.3, 0.4) is 0 Å². The van der Waals surface area contributed by atoms with E-state index in [2.05, 4.69) is 65.3 Å². The first kappa shape index (κ1) is 21.8. The van der Waals surface area contributed by atoms with Crippen molar-refractivity contribution >= 4 is 16.7 Å². The Bertz CT molecular complexity index is 1190. The quantitative estimate of drug-likeness (QED) is 0.515. The van der Waals surface area contributed by atoms with Gasteiger partial charge in [0, 0.05) is 43.1 Å². The lowest BCUT2D eigenvalue weighted by molar-refractivity contribution is -0.146. The maximum atomic E-state index is 14.3. The van der Waals surface area contributed by atoms with E-state index in [4.69, 9.17) is 4.74 Å². The summed E-state index contributed by atoms with van der Waals surface area (Å²) in [5, 5.41) is 2.47. The van der Waals surface area contributed by atoms with E-state index in [1.54, 1.807) is 0 Å². The predicted octanol–water partition coefficient (Wildman–Crippen LogP) is 5.60. The first-order valence-corrected chi connectivity index (χ1v) is 12.9. The van der Waals surface area contributed by atoms with Crippen molar-refractivity contribution in [3.05, 3.63) is 77.6 Å². The second-order valence-electron chi connectivity index (χ2n) is 10.8. The van der Waals surface area contributed by atoms with Crippen molar-refractivity contribution in [1.82, 2.24) is 9.88 Å². The molecule has 2 atom stereocenters. The Hall–Kier alpha value is -2.72. The van der Waals surface area contributed by atoms with E-state index in [9.17, 15) is 4.79 Å². The van der Waals surface area contributed by atoms with Gasteiger partial charge in [0.1, 0.15) is 0 Å². The number of ether oxygens (including phenoxy) is 1. The minimum Gasteiger partial charge on any atom is -0.381 e. The molecule has 0 spiro atoms. The van der Waals surface area contributed by atoms with E-state index in [0.29, 0.717) is 37.1 Å². The maximum absolute atomic E-state index is 14.3. The molecule has 1 aromatic heterocycles. The van der Waals surface area contributed by atoms with Gasteiger partial charge in [-0.2, -0.15) is 0 Å². The molecule has 4 heterocycles. The number of fused-ring (bicyclic) bond motifs is 3. The van der Waals surface area contributed by atoms with Crippen LogP contribution in [-0.4, -0.2) is 41.1 Å². The van der Waals surface area contributed by atoms with Crippen molar-refractivity contribution < 1.29 is 9.53 Å². The summed E-state index contributed by atoms with van der Waals surface area (Å²) in [4.78, 5) is 20.9. The summed E-state index contributed by atoms with van der Waals surface area (Å²) in [6, 6.07) is 18.3. The van der Waals surface area contributed by atoms with Gasteiger partial charge in [-0.3, -0.25) is 9.78 Å². The summed E-state index contributed by atoms with van der Waals surface area (Å²) in [7, 11) is 0. The van der Waals surface area contributed by atoms with Gasteiger partial charge in [0.25, 0.3) is 0 Å². The molecule has 0 N–H and O–H groups in total. The molecule has 3 fully saturated rings. The number of carbonyl (C=O) groups excluding carboxylic acids is 1. The highest BCUT2D eigenvalue weighted by Crippen LogP contribution is 2.45. The number of aromatic nitrogens is 1. The zero-order valence-electron chi connectivity index (χ0n) is 20.1. The van der Waals surface area contributed by atoms with Crippen LogP contribution >= 0.6 is 0 Å². The van der Waals surface area contributed by atoms with Gasteiger partial charge in [0.15, 0.2) is 0 Å². The van der Waals surface area contributed by atoms with E-state index in [1.807, 2.05) is 12.4 Å². The molecule has 2 aromatic carbocycles. The summed E-state index contributed by atoms with van der Waals surface area (Å²) in [6.07, 6.45) is 11.0. The van der Waals surface area contributed by atoms with E-state index in [1.165, 1.54) is 27.5 Å². The summed E-state index contributed by atoms with van der Waals surface area (Å²) in [5.74, 6) is 1.01. The summed E-state index contributed by atoms with van der Waals surface area (Å²) < 4.78 is 5.72. The fourth-order valence-corrected chi connectivity index (χ4v) is 6.92. The lowest BCUT2D eigenvalue weighted by atomic mass is 9.71. The molecule has 176 valence electrons. The largest absolute Gasteiger partial charge is 0.381 e. The molecule has 0 unspecified atom stereocenters. The van der Waals surface area contributed by atoms with Crippen LogP contribution in [0.5, 0.6) is 0 Å². The van der Waals surface area contributed by atoms with Crippen LogP contribution in [0.1, 0.15) is 55.2 Å². The SMILES string of the molecule is Cc1cccc(C2(C(=O)N3[C@H]4CC[C@H]3CC(Cc3ccc5cnccc5c3)C4)CCOCC2)c1. The van der Waals surface area contributed by atoms with Gasteiger partial charge < -0.3 is 9.64 Å². The van der Waals surface area contributed by atoms with Crippen LogP contribution in [0.25, 0.3) is 10.8 Å². The van der Waals surface area contributed by atoms with Gasteiger partial charge >= 0.3 is 0 Å². The van der Waals surface area contributed by atoms with Gasteiger partial charge in [-0.15, -0.1) is 0 Å². The molecule has 4 heteroatoms. The molecule has 0 radical (unpaired) electrons. The van der Waals surface area contributed by atoms with Crippen molar-refractivity contribution in [3.63, 3.8) is 0 Å². The van der Waals surface area contributed by atoms with Crippen LogP contribution in [0, 0.1) is 12.8 Å². The van der Waals surface area contributed by atoms with Crippen LogP contribution < -0.4 is 0 Å². The third kappa shape index (κ3) is 3.82. The fraction of sp³-hybridized carbons (Fsp3) is 0.467. The number of nitrogens with zero attached hydrogens (tertiary/aromatic N) is 2. The van der Waals surface area contributed by atoms with Gasteiger partial charge in [-0.05, 0) is 80.4 Å². The van der Waals surface area contributed by atoms with Crippen LogP contribution in [0.2, 0.25) is 0 Å². The van der Waals surface area contributed by atoms with E-state index in [-0.39, 0.29) is 0 Å². The molecule has 6 rings (SSSR count). The molecule has 3 saturated heterocycles. The highest BCUT2D eigenvalue weighted by atomic mass is 16.5.